The van der Waals surface area contributed by atoms with Crippen LogP contribution >= 0.6 is 0 Å². The van der Waals surface area contributed by atoms with Crippen molar-refractivity contribution in [2.75, 3.05) is 5.73 Å². The zero-order chi connectivity index (χ0) is 13.6. The van der Waals surface area contributed by atoms with Crippen LogP contribution in [0.2, 0.25) is 0 Å². The Hall–Kier alpha value is -1.97. The van der Waals surface area contributed by atoms with Crippen molar-refractivity contribution >= 4 is 5.69 Å². The number of benzene rings is 2. The van der Waals surface area contributed by atoms with E-state index in [9.17, 15) is 13.2 Å². The first-order chi connectivity index (χ1) is 9.08. The molecule has 19 heavy (non-hydrogen) atoms. The van der Waals surface area contributed by atoms with Crippen LogP contribution in [0.25, 0.3) is 11.1 Å². The number of hydrogen-bond acceptors (Lipinski definition) is 1. The highest BCUT2D eigenvalue weighted by Gasteiger charge is 2.23. The van der Waals surface area contributed by atoms with E-state index in [1.54, 1.807) is 0 Å². The summed E-state index contributed by atoms with van der Waals surface area (Å²) in [5.74, 6) is -1.72. The Balaban J connectivity index is 2.27. The summed E-state index contributed by atoms with van der Waals surface area (Å²) in [5, 5.41) is 0. The van der Waals surface area contributed by atoms with Crippen LogP contribution < -0.4 is 5.73 Å². The summed E-state index contributed by atoms with van der Waals surface area (Å²) in [5.41, 5.74) is 7.05. The molecule has 4 heteroatoms. The van der Waals surface area contributed by atoms with Crippen molar-refractivity contribution in [1.82, 2.24) is 0 Å². The van der Waals surface area contributed by atoms with Gasteiger partial charge in [0.2, 0.25) is 0 Å². The van der Waals surface area contributed by atoms with Gasteiger partial charge in [0, 0.05) is 5.69 Å². The van der Waals surface area contributed by atoms with Gasteiger partial charge in [-0.15, -0.1) is 0 Å². The first kappa shape index (κ1) is 12.1. The van der Waals surface area contributed by atoms with Gasteiger partial charge in [-0.3, -0.25) is 0 Å². The van der Waals surface area contributed by atoms with Crippen LogP contribution in [0.4, 0.5) is 18.9 Å². The van der Waals surface area contributed by atoms with Crippen molar-refractivity contribution in [3.8, 4) is 11.1 Å². The zero-order valence-corrected chi connectivity index (χ0v) is 10.1. The molecule has 0 saturated carbocycles. The number of nitrogens with two attached hydrogens (primary N) is 1. The molecule has 1 aliphatic rings. The van der Waals surface area contributed by atoms with E-state index < -0.39 is 11.6 Å². The Morgan fingerprint density at radius 2 is 1.47 bits per heavy atom. The molecule has 2 aromatic rings. The standard InChI is InChI=1S/C15H12F3N/c16-12-5-4-11(9-2-1-3-10(9)12)15-13(17)6-8(19)7-14(15)18/h4-7H,1-3,19H2. The molecule has 0 spiro atoms. The average molecular weight is 263 g/mol. The fourth-order valence-electron chi connectivity index (χ4n) is 2.75. The van der Waals surface area contributed by atoms with Crippen LogP contribution in [0.5, 0.6) is 0 Å². The third-order valence-corrected chi connectivity index (χ3v) is 3.56. The zero-order valence-electron chi connectivity index (χ0n) is 10.1. The summed E-state index contributed by atoms with van der Waals surface area (Å²) in [6.07, 6.45) is 2.07. The maximum absolute atomic E-state index is 14.0. The van der Waals surface area contributed by atoms with Gasteiger partial charge in [0.1, 0.15) is 17.5 Å². The summed E-state index contributed by atoms with van der Waals surface area (Å²) in [4.78, 5) is 0. The topological polar surface area (TPSA) is 26.0 Å². The van der Waals surface area contributed by atoms with E-state index in [1.807, 2.05) is 0 Å². The average Bonchev–Trinajstić information content (AvgIpc) is 2.80. The number of hydrogen-bond donors (Lipinski definition) is 1. The smallest absolute Gasteiger partial charge is 0.136 e. The lowest BCUT2D eigenvalue weighted by Crippen LogP contribution is -1.99. The molecule has 0 unspecified atom stereocenters. The van der Waals surface area contributed by atoms with E-state index in [4.69, 9.17) is 5.73 Å². The van der Waals surface area contributed by atoms with E-state index in [2.05, 4.69) is 0 Å². The van der Waals surface area contributed by atoms with E-state index in [-0.39, 0.29) is 17.1 Å². The van der Waals surface area contributed by atoms with Gasteiger partial charge in [0.25, 0.3) is 0 Å². The minimum atomic E-state index is -0.710. The largest absolute Gasteiger partial charge is 0.399 e. The summed E-state index contributed by atoms with van der Waals surface area (Å²) < 4.78 is 41.5. The third-order valence-electron chi connectivity index (χ3n) is 3.56. The molecular formula is C15H12F3N. The lowest BCUT2D eigenvalue weighted by molar-refractivity contribution is 0.589. The van der Waals surface area contributed by atoms with E-state index in [0.29, 0.717) is 29.5 Å². The number of rotatable bonds is 1. The molecule has 0 radical (unpaired) electrons. The Labute approximate surface area is 108 Å². The maximum atomic E-state index is 14.0. The number of nitrogen functional groups attached to an aromatic ring is 1. The van der Waals surface area contributed by atoms with Crippen molar-refractivity contribution < 1.29 is 13.2 Å². The van der Waals surface area contributed by atoms with Crippen molar-refractivity contribution in [3.63, 3.8) is 0 Å². The molecule has 2 N–H and O–H groups in total. The minimum absolute atomic E-state index is 0.0394. The van der Waals surface area contributed by atoms with Gasteiger partial charge < -0.3 is 5.73 Å². The van der Waals surface area contributed by atoms with Crippen molar-refractivity contribution in [3.05, 3.63) is 52.8 Å². The molecule has 1 nitrogen and oxygen atoms in total. The highest BCUT2D eigenvalue weighted by molar-refractivity contribution is 5.72. The van der Waals surface area contributed by atoms with Crippen LogP contribution in [-0.2, 0) is 12.8 Å². The molecule has 0 amide bonds. The second kappa shape index (κ2) is 4.30. The van der Waals surface area contributed by atoms with Crippen LogP contribution in [-0.4, -0.2) is 0 Å². The fraction of sp³-hybridized carbons (Fsp3) is 0.200. The maximum Gasteiger partial charge on any atom is 0.136 e. The highest BCUT2D eigenvalue weighted by Crippen LogP contribution is 2.37. The molecule has 3 rings (SSSR count). The molecule has 0 aliphatic heterocycles. The Bertz CT molecular complexity index is 642. The minimum Gasteiger partial charge on any atom is -0.399 e. The predicted octanol–water partition coefficient (Wildman–Crippen LogP) is 3.84. The Kier molecular flexibility index (Phi) is 2.73. The monoisotopic (exact) mass is 263 g/mol. The molecule has 98 valence electrons. The van der Waals surface area contributed by atoms with Crippen molar-refractivity contribution in [2.24, 2.45) is 0 Å². The summed E-state index contributed by atoms with van der Waals surface area (Å²) in [6.45, 7) is 0. The van der Waals surface area contributed by atoms with Gasteiger partial charge in [0.05, 0.1) is 5.56 Å². The van der Waals surface area contributed by atoms with Crippen molar-refractivity contribution in [1.29, 1.82) is 0 Å². The molecular weight excluding hydrogens is 251 g/mol. The number of halogens is 3. The van der Waals surface area contributed by atoms with Gasteiger partial charge in [-0.2, -0.15) is 0 Å². The normalized spacial score (nSPS) is 13.6. The second-order valence-corrected chi connectivity index (χ2v) is 4.77. The van der Waals surface area contributed by atoms with Crippen LogP contribution in [0.15, 0.2) is 24.3 Å². The molecule has 0 fully saturated rings. The Morgan fingerprint density at radius 1 is 0.842 bits per heavy atom. The highest BCUT2D eigenvalue weighted by atomic mass is 19.1. The number of anilines is 1. The summed E-state index contributed by atoms with van der Waals surface area (Å²) in [7, 11) is 0. The molecule has 0 saturated heterocycles. The van der Waals surface area contributed by atoms with E-state index in [1.165, 1.54) is 12.1 Å². The van der Waals surface area contributed by atoms with Crippen LogP contribution in [0, 0.1) is 17.5 Å². The van der Waals surface area contributed by atoms with Gasteiger partial charge in [-0.05, 0) is 54.2 Å². The van der Waals surface area contributed by atoms with E-state index >= 15 is 0 Å². The SMILES string of the molecule is Nc1cc(F)c(-c2ccc(F)c3c2CCC3)c(F)c1. The molecule has 0 heterocycles. The Morgan fingerprint density at radius 3 is 2.16 bits per heavy atom. The lowest BCUT2D eigenvalue weighted by Gasteiger charge is -2.12. The van der Waals surface area contributed by atoms with Gasteiger partial charge in [-0.1, -0.05) is 6.07 Å². The lowest BCUT2D eigenvalue weighted by atomic mass is 9.95. The molecule has 0 bridgehead atoms. The molecule has 2 aromatic carbocycles. The first-order valence-corrected chi connectivity index (χ1v) is 6.13. The predicted molar refractivity (Wildman–Crippen MR) is 68.2 cm³/mol. The van der Waals surface area contributed by atoms with Gasteiger partial charge in [-0.25, -0.2) is 13.2 Å². The van der Waals surface area contributed by atoms with Crippen LogP contribution in [0.1, 0.15) is 17.5 Å². The summed E-state index contributed by atoms with van der Waals surface area (Å²) >= 11 is 0. The third kappa shape index (κ3) is 1.87. The second-order valence-electron chi connectivity index (χ2n) is 4.77. The van der Waals surface area contributed by atoms with Crippen molar-refractivity contribution in [2.45, 2.75) is 19.3 Å². The first-order valence-electron chi connectivity index (χ1n) is 6.13. The quantitative estimate of drug-likeness (QED) is 0.777. The van der Waals surface area contributed by atoms with Crippen LogP contribution in [0.3, 0.4) is 0 Å². The molecule has 0 aromatic heterocycles. The fourth-order valence-corrected chi connectivity index (χ4v) is 2.75. The number of fused-ring (bicyclic) bond motifs is 1. The molecule has 0 atom stereocenters. The molecule has 1 aliphatic carbocycles. The summed E-state index contributed by atoms with van der Waals surface area (Å²) in [6, 6.07) is 4.89. The van der Waals surface area contributed by atoms with Gasteiger partial charge in [0.15, 0.2) is 0 Å². The van der Waals surface area contributed by atoms with Gasteiger partial charge >= 0.3 is 0 Å². The van der Waals surface area contributed by atoms with E-state index in [0.717, 1.165) is 18.6 Å².